The topological polar surface area (TPSA) is 44.7 Å². The number of nitrogens with one attached hydrogen (secondary N) is 1. The molecule has 2 heterocycles. The van der Waals surface area contributed by atoms with Crippen LogP contribution in [-0.4, -0.2) is 61.5 Å². The molecule has 4 heteroatoms. The fraction of sp³-hybridized carbons (Fsp3) is 1.00. The molecule has 0 aromatic carbocycles. The van der Waals surface area contributed by atoms with Crippen LogP contribution < -0.4 is 5.32 Å². The summed E-state index contributed by atoms with van der Waals surface area (Å²) in [4.78, 5) is 2.36. The smallest absolute Gasteiger partial charge is 0.0815 e. The summed E-state index contributed by atoms with van der Waals surface area (Å²) < 4.78 is 5.28. The summed E-state index contributed by atoms with van der Waals surface area (Å²) in [7, 11) is 2.16. The van der Waals surface area contributed by atoms with Crippen molar-refractivity contribution in [3.8, 4) is 0 Å². The van der Waals surface area contributed by atoms with Crippen LogP contribution in [-0.2, 0) is 4.74 Å². The van der Waals surface area contributed by atoms with E-state index >= 15 is 0 Å². The third-order valence-corrected chi connectivity index (χ3v) is 3.77. The van der Waals surface area contributed by atoms with Gasteiger partial charge in [-0.25, -0.2) is 0 Å². The van der Waals surface area contributed by atoms with Gasteiger partial charge in [-0.1, -0.05) is 0 Å². The predicted molar refractivity (Wildman–Crippen MR) is 63.5 cm³/mol. The molecule has 4 nitrogen and oxygen atoms in total. The van der Waals surface area contributed by atoms with Gasteiger partial charge in [-0.3, -0.25) is 0 Å². The molecule has 0 aromatic rings. The van der Waals surface area contributed by atoms with Gasteiger partial charge in [0.1, 0.15) is 0 Å². The van der Waals surface area contributed by atoms with Gasteiger partial charge >= 0.3 is 0 Å². The SMILES string of the molecule is CN1CCCC(NCC2(O)CCOCC2)C1. The zero-order valence-electron chi connectivity index (χ0n) is 10.2. The molecule has 0 bridgehead atoms. The monoisotopic (exact) mass is 228 g/mol. The third kappa shape index (κ3) is 3.42. The van der Waals surface area contributed by atoms with E-state index in [1.165, 1.54) is 19.4 Å². The van der Waals surface area contributed by atoms with Crippen LogP contribution in [0, 0.1) is 0 Å². The maximum Gasteiger partial charge on any atom is 0.0815 e. The zero-order valence-corrected chi connectivity index (χ0v) is 10.2. The Morgan fingerprint density at radius 2 is 2.19 bits per heavy atom. The number of likely N-dealkylation sites (tertiary alicyclic amines) is 1. The first-order valence-corrected chi connectivity index (χ1v) is 6.40. The molecular formula is C12H24N2O2. The number of aliphatic hydroxyl groups is 1. The number of piperidine rings is 1. The molecule has 1 atom stereocenters. The summed E-state index contributed by atoms with van der Waals surface area (Å²) in [5.41, 5.74) is -0.533. The first kappa shape index (κ1) is 12.3. The largest absolute Gasteiger partial charge is 0.388 e. The Hall–Kier alpha value is -0.160. The van der Waals surface area contributed by atoms with Gasteiger partial charge in [0.05, 0.1) is 5.60 Å². The average molecular weight is 228 g/mol. The summed E-state index contributed by atoms with van der Waals surface area (Å²) in [6.07, 6.45) is 4.03. The Morgan fingerprint density at radius 3 is 2.88 bits per heavy atom. The van der Waals surface area contributed by atoms with Crippen LogP contribution in [0.1, 0.15) is 25.7 Å². The lowest BCUT2D eigenvalue weighted by Crippen LogP contribution is -2.51. The normalized spacial score (nSPS) is 31.5. The summed E-state index contributed by atoms with van der Waals surface area (Å²) in [6.45, 7) is 4.42. The van der Waals surface area contributed by atoms with E-state index in [0.717, 1.165) is 25.9 Å². The molecule has 0 aliphatic carbocycles. The van der Waals surface area contributed by atoms with Crippen molar-refractivity contribution < 1.29 is 9.84 Å². The highest BCUT2D eigenvalue weighted by Gasteiger charge is 2.30. The highest BCUT2D eigenvalue weighted by molar-refractivity contribution is 4.86. The van der Waals surface area contributed by atoms with E-state index in [9.17, 15) is 5.11 Å². The Balaban J connectivity index is 1.73. The molecule has 0 spiro atoms. The van der Waals surface area contributed by atoms with Gasteiger partial charge in [0, 0.05) is 45.2 Å². The minimum absolute atomic E-state index is 0.533. The first-order valence-electron chi connectivity index (χ1n) is 6.40. The molecule has 0 aromatic heterocycles. The lowest BCUT2D eigenvalue weighted by Gasteiger charge is -2.36. The quantitative estimate of drug-likeness (QED) is 0.725. The minimum Gasteiger partial charge on any atom is -0.388 e. The molecule has 1 unspecified atom stereocenters. The molecule has 2 saturated heterocycles. The van der Waals surface area contributed by atoms with E-state index in [-0.39, 0.29) is 0 Å². The lowest BCUT2D eigenvalue weighted by atomic mass is 9.93. The van der Waals surface area contributed by atoms with E-state index in [1.807, 2.05) is 0 Å². The van der Waals surface area contributed by atoms with Crippen molar-refractivity contribution in [3.05, 3.63) is 0 Å². The van der Waals surface area contributed by atoms with Crippen LogP contribution in [0.2, 0.25) is 0 Å². The van der Waals surface area contributed by atoms with Crippen LogP contribution in [0.15, 0.2) is 0 Å². The number of ether oxygens (including phenoxy) is 1. The summed E-state index contributed by atoms with van der Waals surface area (Å²) >= 11 is 0. The number of hydrogen-bond acceptors (Lipinski definition) is 4. The third-order valence-electron chi connectivity index (χ3n) is 3.77. The minimum atomic E-state index is -0.533. The Labute approximate surface area is 98.0 Å². The fourth-order valence-corrected chi connectivity index (χ4v) is 2.60. The van der Waals surface area contributed by atoms with Gasteiger partial charge < -0.3 is 20.1 Å². The molecule has 0 saturated carbocycles. The van der Waals surface area contributed by atoms with Crippen molar-refractivity contribution in [3.63, 3.8) is 0 Å². The van der Waals surface area contributed by atoms with Crippen LogP contribution in [0.5, 0.6) is 0 Å². The number of rotatable bonds is 3. The molecule has 94 valence electrons. The van der Waals surface area contributed by atoms with Crippen molar-refractivity contribution in [2.75, 3.05) is 39.9 Å². The average Bonchev–Trinajstić information content (AvgIpc) is 2.28. The highest BCUT2D eigenvalue weighted by atomic mass is 16.5. The molecule has 16 heavy (non-hydrogen) atoms. The van der Waals surface area contributed by atoms with E-state index in [1.54, 1.807) is 0 Å². The van der Waals surface area contributed by atoms with Gasteiger partial charge in [0.15, 0.2) is 0 Å². The maximum atomic E-state index is 10.3. The summed E-state index contributed by atoms with van der Waals surface area (Å²) in [5, 5.41) is 13.8. The van der Waals surface area contributed by atoms with Crippen molar-refractivity contribution in [1.29, 1.82) is 0 Å². The number of hydrogen-bond donors (Lipinski definition) is 2. The molecule has 2 N–H and O–H groups in total. The Bertz CT molecular complexity index is 217. The van der Waals surface area contributed by atoms with Crippen LogP contribution in [0.4, 0.5) is 0 Å². The lowest BCUT2D eigenvalue weighted by molar-refractivity contribution is -0.0635. The van der Waals surface area contributed by atoms with E-state index in [0.29, 0.717) is 19.3 Å². The second-order valence-electron chi connectivity index (χ2n) is 5.32. The van der Waals surface area contributed by atoms with Crippen molar-refractivity contribution >= 4 is 0 Å². The molecule has 2 fully saturated rings. The fourth-order valence-electron chi connectivity index (χ4n) is 2.60. The summed E-state index contributed by atoms with van der Waals surface area (Å²) in [5.74, 6) is 0. The van der Waals surface area contributed by atoms with Gasteiger partial charge in [0.2, 0.25) is 0 Å². The predicted octanol–water partition coefficient (Wildman–Crippen LogP) is 0.212. The molecule has 2 aliphatic heterocycles. The van der Waals surface area contributed by atoms with Crippen molar-refractivity contribution in [1.82, 2.24) is 10.2 Å². The Morgan fingerprint density at radius 1 is 1.44 bits per heavy atom. The Kier molecular flexibility index (Phi) is 4.19. The van der Waals surface area contributed by atoms with Gasteiger partial charge in [-0.2, -0.15) is 0 Å². The molecule has 2 aliphatic rings. The van der Waals surface area contributed by atoms with Crippen LogP contribution in [0.25, 0.3) is 0 Å². The second kappa shape index (κ2) is 5.45. The molecule has 2 rings (SSSR count). The number of likely N-dealkylation sites (N-methyl/N-ethyl adjacent to an activating group) is 1. The molecule has 0 amide bonds. The van der Waals surface area contributed by atoms with E-state index < -0.39 is 5.60 Å². The second-order valence-corrected chi connectivity index (χ2v) is 5.32. The summed E-state index contributed by atoms with van der Waals surface area (Å²) in [6, 6.07) is 0.547. The zero-order chi connectivity index (χ0) is 11.4. The van der Waals surface area contributed by atoms with Crippen molar-refractivity contribution in [2.45, 2.75) is 37.3 Å². The standard InChI is InChI=1S/C12H24N2O2/c1-14-6-2-3-11(9-14)13-10-12(15)4-7-16-8-5-12/h11,13,15H,2-10H2,1H3. The number of nitrogens with zero attached hydrogens (tertiary/aromatic N) is 1. The first-order chi connectivity index (χ1) is 7.68. The molecule has 0 radical (unpaired) electrons. The van der Waals surface area contributed by atoms with Gasteiger partial charge in [0.25, 0.3) is 0 Å². The van der Waals surface area contributed by atoms with E-state index in [2.05, 4.69) is 17.3 Å². The highest BCUT2D eigenvalue weighted by Crippen LogP contribution is 2.20. The van der Waals surface area contributed by atoms with Crippen LogP contribution in [0.3, 0.4) is 0 Å². The van der Waals surface area contributed by atoms with Gasteiger partial charge in [-0.15, -0.1) is 0 Å². The van der Waals surface area contributed by atoms with Crippen LogP contribution >= 0.6 is 0 Å². The van der Waals surface area contributed by atoms with Crippen molar-refractivity contribution in [2.24, 2.45) is 0 Å². The maximum absolute atomic E-state index is 10.3. The van der Waals surface area contributed by atoms with Gasteiger partial charge in [-0.05, 0) is 26.4 Å². The van der Waals surface area contributed by atoms with E-state index in [4.69, 9.17) is 4.74 Å². The molecular weight excluding hydrogens is 204 g/mol.